The summed E-state index contributed by atoms with van der Waals surface area (Å²) >= 11 is 3.53. The van der Waals surface area contributed by atoms with E-state index in [9.17, 15) is 0 Å². The number of halogens is 1. The van der Waals surface area contributed by atoms with E-state index < -0.39 is 0 Å². The molecule has 1 aromatic heterocycles. The number of aromatic nitrogens is 2. The second-order valence-electron chi connectivity index (χ2n) is 6.45. The van der Waals surface area contributed by atoms with Crippen LogP contribution in [0.3, 0.4) is 0 Å². The molecule has 1 saturated heterocycles. The number of anilines is 1. The third-order valence-corrected chi connectivity index (χ3v) is 5.41. The SMILES string of the molecule is COc1cccc(N2CCN(Cc3nnc(-c4ccccc4Br)o3)CC2)c1. The van der Waals surface area contributed by atoms with Gasteiger partial charge < -0.3 is 14.1 Å². The van der Waals surface area contributed by atoms with E-state index in [1.165, 1.54) is 5.69 Å². The first-order valence-electron chi connectivity index (χ1n) is 8.91. The number of methoxy groups -OCH3 is 1. The van der Waals surface area contributed by atoms with E-state index in [4.69, 9.17) is 9.15 Å². The van der Waals surface area contributed by atoms with Gasteiger partial charge in [0.05, 0.1) is 19.2 Å². The smallest absolute Gasteiger partial charge is 0.248 e. The Balaban J connectivity index is 1.36. The van der Waals surface area contributed by atoms with Crippen molar-refractivity contribution in [2.24, 2.45) is 0 Å². The molecule has 2 heterocycles. The van der Waals surface area contributed by atoms with Crippen LogP contribution in [0.5, 0.6) is 5.75 Å². The first-order valence-corrected chi connectivity index (χ1v) is 9.71. The fraction of sp³-hybridized carbons (Fsp3) is 0.300. The molecule has 0 unspecified atom stereocenters. The number of benzene rings is 2. The average Bonchev–Trinajstić information content (AvgIpc) is 3.17. The fourth-order valence-corrected chi connectivity index (χ4v) is 3.68. The maximum atomic E-state index is 5.87. The van der Waals surface area contributed by atoms with Gasteiger partial charge in [-0.05, 0) is 40.2 Å². The van der Waals surface area contributed by atoms with Crippen molar-refractivity contribution in [2.45, 2.75) is 6.54 Å². The Labute approximate surface area is 166 Å². The molecule has 1 fully saturated rings. The van der Waals surface area contributed by atoms with E-state index in [2.05, 4.69) is 48.1 Å². The molecule has 4 rings (SSSR count). The Morgan fingerprint density at radius 1 is 1.04 bits per heavy atom. The monoisotopic (exact) mass is 428 g/mol. The number of rotatable bonds is 5. The second-order valence-corrected chi connectivity index (χ2v) is 7.30. The molecule has 27 heavy (non-hydrogen) atoms. The number of nitrogens with zero attached hydrogens (tertiary/aromatic N) is 4. The molecule has 0 bridgehead atoms. The number of piperazine rings is 1. The van der Waals surface area contributed by atoms with Crippen molar-refractivity contribution in [1.29, 1.82) is 0 Å². The van der Waals surface area contributed by atoms with E-state index in [1.54, 1.807) is 7.11 Å². The topological polar surface area (TPSA) is 54.6 Å². The lowest BCUT2D eigenvalue weighted by atomic mass is 10.2. The van der Waals surface area contributed by atoms with Gasteiger partial charge in [-0.2, -0.15) is 0 Å². The molecular formula is C20H21BrN4O2. The third kappa shape index (κ3) is 4.14. The predicted octanol–water partition coefficient (Wildman–Crippen LogP) is 3.83. The Morgan fingerprint density at radius 3 is 2.63 bits per heavy atom. The normalized spacial score (nSPS) is 15.1. The van der Waals surface area contributed by atoms with Gasteiger partial charge in [0.1, 0.15) is 5.75 Å². The lowest BCUT2D eigenvalue weighted by Crippen LogP contribution is -2.46. The summed E-state index contributed by atoms with van der Waals surface area (Å²) in [6, 6.07) is 16.1. The highest BCUT2D eigenvalue weighted by atomic mass is 79.9. The van der Waals surface area contributed by atoms with Crippen LogP contribution in [0.25, 0.3) is 11.5 Å². The van der Waals surface area contributed by atoms with Crippen LogP contribution in [-0.2, 0) is 6.54 Å². The lowest BCUT2D eigenvalue weighted by molar-refractivity contribution is 0.227. The molecule has 0 radical (unpaired) electrons. The van der Waals surface area contributed by atoms with Crippen molar-refractivity contribution in [3.8, 4) is 17.2 Å². The highest BCUT2D eigenvalue weighted by Crippen LogP contribution is 2.27. The maximum absolute atomic E-state index is 5.87. The van der Waals surface area contributed by atoms with Crippen LogP contribution < -0.4 is 9.64 Å². The minimum Gasteiger partial charge on any atom is -0.497 e. The van der Waals surface area contributed by atoms with E-state index in [0.717, 1.165) is 42.0 Å². The van der Waals surface area contributed by atoms with Crippen molar-refractivity contribution >= 4 is 21.6 Å². The quantitative estimate of drug-likeness (QED) is 0.615. The molecule has 6 nitrogen and oxygen atoms in total. The summed E-state index contributed by atoms with van der Waals surface area (Å²) in [6.07, 6.45) is 0. The van der Waals surface area contributed by atoms with Crippen molar-refractivity contribution in [3.05, 3.63) is 58.9 Å². The van der Waals surface area contributed by atoms with Gasteiger partial charge in [-0.15, -0.1) is 10.2 Å². The van der Waals surface area contributed by atoms with Gasteiger partial charge in [-0.25, -0.2) is 0 Å². The molecule has 0 spiro atoms. The zero-order valence-electron chi connectivity index (χ0n) is 15.1. The molecule has 0 N–H and O–H groups in total. The summed E-state index contributed by atoms with van der Waals surface area (Å²) in [4.78, 5) is 4.72. The van der Waals surface area contributed by atoms with Crippen molar-refractivity contribution in [3.63, 3.8) is 0 Å². The molecular weight excluding hydrogens is 408 g/mol. The number of ether oxygens (including phenoxy) is 1. The first-order chi connectivity index (χ1) is 13.2. The standard InChI is InChI=1S/C20H21BrN4O2/c1-26-16-6-4-5-15(13-16)25-11-9-24(10-12-25)14-19-22-23-20(27-19)17-7-2-3-8-18(17)21/h2-8,13H,9-12,14H2,1H3. The third-order valence-electron chi connectivity index (χ3n) is 4.72. The van der Waals surface area contributed by atoms with Crippen LogP contribution >= 0.6 is 15.9 Å². The predicted molar refractivity (Wildman–Crippen MR) is 108 cm³/mol. The largest absolute Gasteiger partial charge is 0.497 e. The fourth-order valence-electron chi connectivity index (χ4n) is 3.22. The molecule has 1 aliphatic heterocycles. The van der Waals surface area contributed by atoms with E-state index in [-0.39, 0.29) is 0 Å². The van der Waals surface area contributed by atoms with Crippen molar-refractivity contribution in [1.82, 2.24) is 15.1 Å². The maximum Gasteiger partial charge on any atom is 0.248 e. The van der Waals surface area contributed by atoms with E-state index in [0.29, 0.717) is 18.3 Å². The second kappa shape index (κ2) is 8.10. The number of hydrogen-bond donors (Lipinski definition) is 0. The summed E-state index contributed by atoms with van der Waals surface area (Å²) in [5.41, 5.74) is 2.11. The molecule has 140 valence electrons. The first kappa shape index (κ1) is 18.0. The summed E-state index contributed by atoms with van der Waals surface area (Å²) < 4.78 is 12.1. The lowest BCUT2D eigenvalue weighted by Gasteiger charge is -2.35. The number of hydrogen-bond acceptors (Lipinski definition) is 6. The van der Waals surface area contributed by atoms with Gasteiger partial charge in [0, 0.05) is 42.4 Å². The van der Waals surface area contributed by atoms with Gasteiger partial charge in [0.15, 0.2) is 0 Å². The van der Waals surface area contributed by atoms with Crippen LogP contribution in [0.2, 0.25) is 0 Å². The summed E-state index contributed by atoms with van der Waals surface area (Å²) in [5.74, 6) is 2.09. The molecule has 0 atom stereocenters. The van der Waals surface area contributed by atoms with Gasteiger partial charge in [0.25, 0.3) is 0 Å². The molecule has 1 aliphatic rings. The zero-order valence-corrected chi connectivity index (χ0v) is 16.7. The molecule has 0 saturated carbocycles. The Kier molecular flexibility index (Phi) is 5.40. The van der Waals surface area contributed by atoms with Crippen LogP contribution in [0, 0.1) is 0 Å². The van der Waals surface area contributed by atoms with E-state index in [1.807, 2.05) is 36.4 Å². The minimum atomic E-state index is 0.549. The molecule has 7 heteroatoms. The highest BCUT2D eigenvalue weighted by Gasteiger charge is 2.20. The zero-order chi connectivity index (χ0) is 18.6. The summed E-state index contributed by atoms with van der Waals surface area (Å²) in [5, 5.41) is 8.42. The van der Waals surface area contributed by atoms with Crippen molar-refractivity contribution in [2.75, 3.05) is 38.2 Å². The molecule has 3 aromatic rings. The Hall–Kier alpha value is -2.38. The molecule has 0 amide bonds. The average molecular weight is 429 g/mol. The summed E-state index contributed by atoms with van der Waals surface area (Å²) in [6.45, 7) is 4.48. The van der Waals surface area contributed by atoms with Crippen LogP contribution in [0.15, 0.2) is 57.4 Å². The Morgan fingerprint density at radius 2 is 1.85 bits per heavy atom. The Bertz CT molecular complexity index is 906. The van der Waals surface area contributed by atoms with Crippen molar-refractivity contribution < 1.29 is 9.15 Å². The molecule has 0 aliphatic carbocycles. The van der Waals surface area contributed by atoms with Gasteiger partial charge in [0.2, 0.25) is 11.8 Å². The summed E-state index contributed by atoms with van der Waals surface area (Å²) in [7, 11) is 1.70. The molecule has 2 aromatic carbocycles. The van der Waals surface area contributed by atoms with Crippen LogP contribution in [-0.4, -0.2) is 48.4 Å². The van der Waals surface area contributed by atoms with Gasteiger partial charge >= 0.3 is 0 Å². The minimum absolute atomic E-state index is 0.549. The van der Waals surface area contributed by atoms with Crippen LogP contribution in [0.4, 0.5) is 5.69 Å². The highest BCUT2D eigenvalue weighted by molar-refractivity contribution is 9.10. The van der Waals surface area contributed by atoms with Crippen LogP contribution in [0.1, 0.15) is 5.89 Å². The van der Waals surface area contributed by atoms with Gasteiger partial charge in [-0.1, -0.05) is 18.2 Å². The van der Waals surface area contributed by atoms with Gasteiger partial charge in [-0.3, -0.25) is 4.90 Å². The van der Waals surface area contributed by atoms with E-state index >= 15 is 0 Å².